The highest BCUT2D eigenvalue weighted by Gasteiger charge is 2.42. The number of alkyl carbamates (subject to hydrolysis) is 1. The highest BCUT2D eigenvalue weighted by molar-refractivity contribution is 5.80. The van der Waals surface area contributed by atoms with Crippen molar-refractivity contribution in [1.82, 2.24) is 10.2 Å². The number of rotatable bonds is 9. The predicted molar refractivity (Wildman–Crippen MR) is 133 cm³/mol. The summed E-state index contributed by atoms with van der Waals surface area (Å²) in [7, 11) is 0. The number of aliphatic carboxylic acids is 1. The number of hydrogen-bond acceptors (Lipinski definition) is 4. The van der Waals surface area contributed by atoms with Gasteiger partial charge in [0.05, 0.1) is 5.41 Å². The minimum Gasteiger partial charge on any atom is -0.481 e. The van der Waals surface area contributed by atoms with Gasteiger partial charge in [0.1, 0.15) is 6.61 Å². The second-order valence-corrected chi connectivity index (χ2v) is 9.61. The molecule has 0 aromatic heterocycles. The smallest absolute Gasteiger partial charge is 0.407 e. The number of ether oxygens (including phenoxy) is 1. The van der Waals surface area contributed by atoms with E-state index in [0.717, 1.165) is 17.5 Å². The van der Waals surface area contributed by atoms with Crippen LogP contribution in [0.3, 0.4) is 0 Å². The summed E-state index contributed by atoms with van der Waals surface area (Å²) >= 11 is 0. The van der Waals surface area contributed by atoms with Crippen LogP contribution in [0.2, 0.25) is 0 Å². The van der Waals surface area contributed by atoms with E-state index < -0.39 is 17.5 Å². The van der Waals surface area contributed by atoms with Crippen LogP contribution in [0.1, 0.15) is 62.5 Å². The Hall–Kier alpha value is -3.35. The van der Waals surface area contributed by atoms with Gasteiger partial charge in [-0.2, -0.15) is 0 Å². The minimum atomic E-state index is -0.831. The van der Waals surface area contributed by atoms with Crippen LogP contribution in [0, 0.1) is 5.41 Å². The number of nitrogens with zero attached hydrogens (tertiary/aromatic N) is 1. The maximum atomic E-state index is 12.7. The van der Waals surface area contributed by atoms with Gasteiger partial charge < -0.3 is 20.1 Å². The lowest BCUT2D eigenvalue weighted by atomic mass is 9.76. The second kappa shape index (κ2) is 10.9. The van der Waals surface area contributed by atoms with Crippen LogP contribution in [0.15, 0.2) is 48.5 Å². The molecule has 1 saturated heterocycles. The van der Waals surface area contributed by atoms with Crippen LogP contribution in [-0.4, -0.2) is 54.2 Å². The number of likely N-dealkylation sites (tertiary alicyclic amines) is 1. The molecule has 1 aliphatic carbocycles. The monoisotopic (exact) mass is 478 g/mol. The maximum absolute atomic E-state index is 12.7. The molecule has 1 heterocycles. The molecule has 1 atom stereocenters. The number of carboxylic acid groups (broad SMARTS) is 1. The molecule has 35 heavy (non-hydrogen) atoms. The second-order valence-electron chi connectivity index (χ2n) is 9.61. The zero-order chi connectivity index (χ0) is 24.8. The van der Waals surface area contributed by atoms with Gasteiger partial charge in [0.25, 0.3) is 0 Å². The number of hydrogen-bond donors (Lipinski definition) is 2. The van der Waals surface area contributed by atoms with Crippen molar-refractivity contribution in [2.45, 2.75) is 51.4 Å². The minimum absolute atomic E-state index is 0.00597. The van der Waals surface area contributed by atoms with Crippen LogP contribution < -0.4 is 5.32 Å². The van der Waals surface area contributed by atoms with Crippen LogP contribution >= 0.6 is 0 Å². The molecule has 1 unspecified atom stereocenters. The number of carboxylic acids is 1. The van der Waals surface area contributed by atoms with Gasteiger partial charge in [-0.05, 0) is 47.9 Å². The van der Waals surface area contributed by atoms with E-state index in [9.17, 15) is 19.5 Å². The summed E-state index contributed by atoms with van der Waals surface area (Å²) in [5, 5.41) is 12.5. The van der Waals surface area contributed by atoms with Crippen molar-refractivity contribution in [3.8, 4) is 11.1 Å². The van der Waals surface area contributed by atoms with E-state index >= 15 is 0 Å². The summed E-state index contributed by atoms with van der Waals surface area (Å²) in [6, 6.07) is 16.4. The number of piperidine rings is 1. The summed E-state index contributed by atoms with van der Waals surface area (Å²) in [6.45, 7) is 3.42. The zero-order valence-corrected chi connectivity index (χ0v) is 20.3. The lowest BCUT2D eigenvalue weighted by Crippen LogP contribution is -2.50. The van der Waals surface area contributed by atoms with Crippen molar-refractivity contribution in [3.05, 3.63) is 59.7 Å². The first-order chi connectivity index (χ1) is 16.9. The topological polar surface area (TPSA) is 95.9 Å². The standard InChI is InChI=1S/C28H34N2O5/c1-2-14-28(26(32)33)15-8-17-30(19-28)25(31)13-7-16-29-27(34)35-18-24-22-11-5-3-9-20(22)21-10-4-6-12-23(21)24/h3-6,9-12,24H,2,7-8,13-19H2,1H3,(H,29,34)(H,32,33). The van der Waals surface area contributed by atoms with E-state index in [0.29, 0.717) is 38.8 Å². The van der Waals surface area contributed by atoms with Gasteiger partial charge in [0, 0.05) is 32.0 Å². The Kier molecular flexibility index (Phi) is 7.73. The Bertz CT molecular complexity index is 1040. The normalized spacial score (nSPS) is 19.1. The summed E-state index contributed by atoms with van der Waals surface area (Å²) in [5.41, 5.74) is 3.85. The van der Waals surface area contributed by atoms with Gasteiger partial charge in [0.15, 0.2) is 0 Å². The number of benzene rings is 2. The molecule has 0 saturated carbocycles. The third kappa shape index (κ3) is 5.34. The number of nitrogens with one attached hydrogen (secondary N) is 1. The SMILES string of the molecule is CCCC1(C(=O)O)CCCN(C(=O)CCCNC(=O)OCC2c3ccccc3-c3ccccc32)C1. The zero-order valence-electron chi connectivity index (χ0n) is 20.3. The summed E-state index contributed by atoms with van der Waals surface area (Å²) in [5.74, 6) is -0.860. The summed E-state index contributed by atoms with van der Waals surface area (Å²) in [6.07, 6.45) is 2.93. The van der Waals surface area contributed by atoms with Gasteiger partial charge in [0.2, 0.25) is 5.91 Å². The largest absolute Gasteiger partial charge is 0.481 e. The molecule has 7 heteroatoms. The molecule has 186 valence electrons. The van der Waals surface area contributed by atoms with E-state index in [4.69, 9.17) is 4.74 Å². The average Bonchev–Trinajstić information content (AvgIpc) is 3.19. The third-order valence-electron chi connectivity index (χ3n) is 7.29. The van der Waals surface area contributed by atoms with Crippen LogP contribution in [0.5, 0.6) is 0 Å². The summed E-state index contributed by atoms with van der Waals surface area (Å²) < 4.78 is 5.53. The first-order valence-electron chi connectivity index (χ1n) is 12.6. The molecular weight excluding hydrogens is 444 g/mol. The highest BCUT2D eigenvalue weighted by Crippen LogP contribution is 2.44. The highest BCUT2D eigenvalue weighted by atomic mass is 16.5. The van der Waals surface area contributed by atoms with Crippen molar-refractivity contribution in [2.75, 3.05) is 26.2 Å². The maximum Gasteiger partial charge on any atom is 0.407 e. The van der Waals surface area contributed by atoms with Crippen molar-refractivity contribution in [2.24, 2.45) is 5.41 Å². The first-order valence-corrected chi connectivity index (χ1v) is 12.6. The molecular formula is C28H34N2O5. The van der Waals surface area contributed by atoms with Gasteiger partial charge in [-0.1, -0.05) is 61.9 Å². The van der Waals surface area contributed by atoms with Gasteiger partial charge >= 0.3 is 12.1 Å². The number of fused-ring (bicyclic) bond motifs is 3. The predicted octanol–water partition coefficient (Wildman–Crippen LogP) is 4.80. The molecule has 1 aliphatic heterocycles. The Morgan fingerprint density at radius 1 is 1.09 bits per heavy atom. The van der Waals surface area contributed by atoms with E-state index in [2.05, 4.69) is 29.6 Å². The Balaban J connectivity index is 1.22. The molecule has 0 spiro atoms. The lowest BCUT2D eigenvalue weighted by molar-refractivity contribution is -0.155. The van der Waals surface area contributed by atoms with E-state index in [-0.39, 0.29) is 31.4 Å². The first kappa shape index (κ1) is 24.8. The lowest BCUT2D eigenvalue weighted by Gasteiger charge is -2.40. The fraction of sp³-hybridized carbons (Fsp3) is 0.464. The molecule has 4 rings (SSSR count). The Morgan fingerprint density at radius 2 is 1.74 bits per heavy atom. The van der Waals surface area contributed by atoms with Crippen LogP contribution in [0.25, 0.3) is 11.1 Å². The molecule has 2 aromatic rings. The molecule has 2 N–H and O–H groups in total. The fourth-order valence-electron chi connectivity index (χ4n) is 5.55. The molecule has 7 nitrogen and oxygen atoms in total. The van der Waals surface area contributed by atoms with Crippen molar-refractivity contribution in [1.29, 1.82) is 0 Å². The molecule has 1 fully saturated rings. The van der Waals surface area contributed by atoms with Crippen molar-refractivity contribution < 1.29 is 24.2 Å². The van der Waals surface area contributed by atoms with Crippen LogP contribution in [0.4, 0.5) is 4.79 Å². The van der Waals surface area contributed by atoms with E-state index in [1.807, 2.05) is 31.2 Å². The van der Waals surface area contributed by atoms with Crippen molar-refractivity contribution >= 4 is 18.0 Å². The molecule has 2 aliphatic rings. The Morgan fingerprint density at radius 3 is 2.37 bits per heavy atom. The molecule has 2 aromatic carbocycles. The van der Waals surface area contributed by atoms with E-state index in [1.54, 1.807) is 4.90 Å². The molecule has 0 radical (unpaired) electrons. The molecule has 0 bridgehead atoms. The number of amides is 2. The van der Waals surface area contributed by atoms with E-state index in [1.165, 1.54) is 11.1 Å². The number of carbonyl (C=O) groups is 3. The number of carbonyl (C=O) groups excluding carboxylic acids is 2. The van der Waals surface area contributed by atoms with Crippen molar-refractivity contribution in [3.63, 3.8) is 0 Å². The Labute approximate surface area is 206 Å². The summed E-state index contributed by atoms with van der Waals surface area (Å²) in [4.78, 5) is 38.5. The molecule has 2 amide bonds. The van der Waals surface area contributed by atoms with Gasteiger partial charge in [-0.25, -0.2) is 4.79 Å². The quantitative estimate of drug-likeness (QED) is 0.505. The van der Waals surface area contributed by atoms with Gasteiger partial charge in [-0.3, -0.25) is 9.59 Å². The third-order valence-corrected chi connectivity index (χ3v) is 7.29. The fourth-order valence-corrected chi connectivity index (χ4v) is 5.55. The van der Waals surface area contributed by atoms with Crippen LogP contribution in [-0.2, 0) is 14.3 Å². The van der Waals surface area contributed by atoms with Gasteiger partial charge in [-0.15, -0.1) is 0 Å². The average molecular weight is 479 g/mol.